The number of para-hydroxylation sites is 4. The second-order valence-corrected chi connectivity index (χ2v) is 17.1. The fraction of sp³-hybridized carbons (Fsp3) is 0.0690. The SMILES string of the molecule is CC(C)(C)n1[cH+]n(-c2cccc(N(c3ccc4c5ccccc5n(-c5cc(-c6ccccc6)ccn5)c4c3)c3c(-c4ccccc4)cccc3-c3ccccc3)c2)c2ccccc21. The van der Waals surface area contributed by atoms with Gasteiger partial charge in [0, 0.05) is 58.0 Å². The molecule has 0 bridgehead atoms. The summed E-state index contributed by atoms with van der Waals surface area (Å²) < 4.78 is 7.03. The highest BCUT2D eigenvalue weighted by atomic mass is 15.2. The molecule has 0 radical (unpaired) electrons. The molecular formula is C58H46N5+. The zero-order chi connectivity index (χ0) is 42.5. The van der Waals surface area contributed by atoms with Crippen LogP contribution in [0.3, 0.4) is 0 Å². The summed E-state index contributed by atoms with van der Waals surface area (Å²) in [7, 11) is 0. The smallest absolute Gasteiger partial charge is 0.191 e. The minimum atomic E-state index is -0.114. The molecule has 0 atom stereocenters. The van der Waals surface area contributed by atoms with E-state index < -0.39 is 0 Å². The lowest BCUT2D eigenvalue weighted by Gasteiger charge is -2.30. The van der Waals surface area contributed by atoms with Crippen LogP contribution in [0.4, 0.5) is 17.1 Å². The van der Waals surface area contributed by atoms with Gasteiger partial charge in [-0.15, -0.1) is 0 Å². The van der Waals surface area contributed by atoms with Crippen molar-refractivity contribution in [1.82, 2.24) is 18.7 Å². The maximum atomic E-state index is 5.04. The van der Waals surface area contributed by atoms with Crippen molar-refractivity contribution < 1.29 is 0 Å². The number of rotatable bonds is 8. The molecule has 0 aliphatic heterocycles. The fourth-order valence-corrected chi connectivity index (χ4v) is 9.22. The van der Waals surface area contributed by atoms with E-state index in [4.69, 9.17) is 4.98 Å². The summed E-state index contributed by atoms with van der Waals surface area (Å²) in [6, 6.07) is 76.4. The number of hydrogen-bond acceptors (Lipinski definition) is 2. The van der Waals surface area contributed by atoms with Crippen molar-refractivity contribution in [2.75, 3.05) is 4.90 Å². The zero-order valence-electron chi connectivity index (χ0n) is 35.6. The standard InChI is InChI=1S/C58H46N5/c1-58(2,3)61-40-60(53-31-15-16-32-54(53)61)45-25-17-26-46(38-45)62(57-48(42-21-9-5-10-22-42)28-18-29-49(57)43-23-11-6-12-24-43)47-33-34-51-50-27-13-14-30-52(50)63(55(51)39-47)56-37-44(35-36-59-56)41-19-7-4-8-20-41/h4-40H,1-3H3/q+1. The van der Waals surface area contributed by atoms with Gasteiger partial charge in [-0.2, -0.15) is 4.57 Å². The van der Waals surface area contributed by atoms with Crippen LogP contribution in [0.5, 0.6) is 0 Å². The van der Waals surface area contributed by atoms with Gasteiger partial charge in [-0.05, 0) is 97.6 Å². The van der Waals surface area contributed by atoms with Crippen LogP contribution in [0, 0.1) is 0 Å². The molecule has 3 heterocycles. The van der Waals surface area contributed by atoms with E-state index in [2.05, 4.69) is 258 Å². The molecule has 0 unspecified atom stereocenters. The molecule has 8 aromatic carbocycles. The molecule has 0 spiro atoms. The van der Waals surface area contributed by atoms with E-state index in [0.29, 0.717) is 0 Å². The Bertz CT molecular complexity index is 3370. The Morgan fingerprint density at radius 2 is 1.02 bits per heavy atom. The number of pyridine rings is 1. The number of benzene rings is 8. The Morgan fingerprint density at radius 3 is 1.70 bits per heavy atom. The van der Waals surface area contributed by atoms with Crippen molar-refractivity contribution in [2.45, 2.75) is 26.3 Å². The van der Waals surface area contributed by atoms with Gasteiger partial charge in [-0.25, -0.2) is 9.55 Å². The third-order valence-corrected chi connectivity index (χ3v) is 12.1. The first-order valence-electron chi connectivity index (χ1n) is 21.6. The van der Waals surface area contributed by atoms with E-state index >= 15 is 0 Å². The number of anilines is 3. The monoisotopic (exact) mass is 812 g/mol. The molecule has 11 rings (SSSR count). The molecule has 63 heavy (non-hydrogen) atoms. The number of nitrogens with zero attached hydrogens (tertiary/aromatic N) is 5. The predicted molar refractivity (Wildman–Crippen MR) is 264 cm³/mol. The van der Waals surface area contributed by atoms with E-state index in [9.17, 15) is 0 Å². The lowest BCUT2D eigenvalue weighted by Crippen LogP contribution is -2.20. The Labute approximate surface area is 368 Å². The molecule has 0 saturated heterocycles. The van der Waals surface area contributed by atoms with Crippen molar-refractivity contribution in [1.29, 1.82) is 0 Å². The number of hydrogen-bond donors (Lipinski definition) is 0. The van der Waals surface area contributed by atoms with Gasteiger partial charge in [0.05, 0.1) is 27.9 Å². The molecule has 0 fully saturated rings. The second-order valence-electron chi connectivity index (χ2n) is 17.1. The van der Waals surface area contributed by atoms with Gasteiger partial charge in [-0.1, -0.05) is 133 Å². The third-order valence-electron chi connectivity index (χ3n) is 12.1. The lowest BCUT2D eigenvalue weighted by atomic mass is 9.94. The van der Waals surface area contributed by atoms with E-state index in [1.165, 1.54) is 16.3 Å². The molecule has 0 saturated carbocycles. The summed E-state index contributed by atoms with van der Waals surface area (Å²) in [5, 5.41) is 2.35. The first-order valence-corrected chi connectivity index (χ1v) is 21.6. The van der Waals surface area contributed by atoms with Crippen LogP contribution in [0.1, 0.15) is 20.8 Å². The van der Waals surface area contributed by atoms with E-state index in [1.54, 1.807) is 0 Å². The first-order chi connectivity index (χ1) is 30.9. The average Bonchev–Trinajstić information content (AvgIpc) is 3.90. The molecule has 302 valence electrons. The minimum Gasteiger partial charge on any atom is -0.308 e. The Morgan fingerprint density at radius 1 is 0.444 bits per heavy atom. The predicted octanol–water partition coefficient (Wildman–Crippen LogP) is 15.4. The topological polar surface area (TPSA) is 30.9 Å². The van der Waals surface area contributed by atoms with Crippen LogP contribution in [-0.2, 0) is 5.54 Å². The van der Waals surface area contributed by atoms with Crippen molar-refractivity contribution in [3.63, 3.8) is 0 Å². The van der Waals surface area contributed by atoms with Gasteiger partial charge in [0.1, 0.15) is 11.5 Å². The van der Waals surface area contributed by atoms with Crippen LogP contribution in [-0.4, -0.2) is 18.7 Å². The lowest BCUT2D eigenvalue weighted by molar-refractivity contribution is 0.406. The van der Waals surface area contributed by atoms with Crippen molar-refractivity contribution in [3.05, 3.63) is 225 Å². The third kappa shape index (κ3) is 6.75. The first kappa shape index (κ1) is 37.9. The van der Waals surface area contributed by atoms with Gasteiger partial charge in [0.2, 0.25) is 0 Å². The van der Waals surface area contributed by atoms with Gasteiger partial charge >= 0.3 is 0 Å². The summed E-state index contributed by atoms with van der Waals surface area (Å²) >= 11 is 0. The van der Waals surface area contributed by atoms with E-state index in [1.807, 2.05) is 6.20 Å². The van der Waals surface area contributed by atoms with Gasteiger partial charge < -0.3 is 4.90 Å². The van der Waals surface area contributed by atoms with Crippen LogP contribution >= 0.6 is 0 Å². The van der Waals surface area contributed by atoms with Gasteiger partial charge in [0.15, 0.2) is 17.4 Å². The van der Waals surface area contributed by atoms with E-state index in [0.717, 1.165) is 78.5 Å². The molecule has 0 aliphatic rings. The van der Waals surface area contributed by atoms with Crippen molar-refractivity contribution in [2.24, 2.45) is 0 Å². The molecule has 0 amide bonds. The Kier molecular flexibility index (Phi) is 9.31. The molecule has 11 aromatic rings. The molecular weight excluding hydrogens is 767 g/mol. The average molecular weight is 813 g/mol. The largest absolute Gasteiger partial charge is 0.308 e. The van der Waals surface area contributed by atoms with Crippen LogP contribution in [0.15, 0.2) is 225 Å². The summed E-state index contributed by atoms with van der Waals surface area (Å²) in [5.74, 6) is 0.870. The van der Waals surface area contributed by atoms with Crippen LogP contribution in [0.25, 0.3) is 77.7 Å². The highest BCUT2D eigenvalue weighted by Crippen LogP contribution is 2.48. The Hall–Kier alpha value is -8.02. The summed E-state index contributed by atoms with van der Waals surface area (Å²) in [4.78, 5) is 7.51. The van der Waals surface area contributed by atoms with E-state index in [-0.39, 0.29) is 5.54 Å². The molecule has 5 heteroatoms. The molecule has 0 N–H and O–H groups in total. The van der Waals surface area contributed by atoms with Crippen molar-refractivity contribution >= 4 is 49.9 Å². The zero-order valence-corrected chi connectivity index (χ0v) is 35.6. The highest BCUT2D eigenvalue weighted by molar-refractivity contribution is 6.11. The molecule has 0 aliphatic carbocycles. The summed E-state index contributed by atoms with van der Waals surface area (Å²) in [6.45, 7) is 6.78. The second kappa shape index (κ2) is 15.5. The maximum Gasteiger partial charge on any atom is 0.191 e. The molecule has 3 aromatic heterocycles. The van der Waals surface area contributed by atoms with Gasteiger partial charge in [0.25, 0.3) is 0 Å². The summed E-state index contributed by atoms with van der Waals surface area (Å²) in [5.41, 5.74) is 15.5. The molecule has 5 nitrogen and oxygen atoms in total. The number of aromatic nitrogens is 4. The van der Waals surface area contributed by atoms with Crippen LogP contribution < -0.4 is 4.90 Å². The normalized spacial score (nSPS) is 11.7. The number of fused-ring (bicyclic) bond motifs is 4. The fourth-order valence-electron chi connectivity index (χ4n) is 9.22. The highest BCUT2D eigenvalue weighted by Gasteiger charge is 2.27. The van der Waals surface area contributed by atoms with Crippen LogP contribution in [0.2, 0.25) is 0 Å². The summed E-state index contributed by atoms with van der Waals surface area (Å²) in [6.07, 6.45) is 4.18. The Balaban J connectivity index is 1.20. The quantitative estimate of drug-likeness (QED) is 0.143. The van der Waals surface area contributed by atoms with Gasteiger partial charge in [-0.3, -0.25) is 4.57 Å². The minimum absolute atomic E-state index is 0.114. The van der Waals surface area contributed by atoms with Crippen molar-refractivity contribution in [3.8, 4) is 44.9 Å². The number of imidazole rings is 1. The maximum absolute atomic E-state index is 5.04.